The lowest BCUT2D eigenvalue weighted by atomic mass is 10.3. The summed E-state index contributed by atoms with van der Waals surface area (Å²) in [5.74, 6) is 0. The summed E-state index contributed by atoms with van der Waals surface area (Å²) in [6.07, 6.45) is 0. The van der Waals surface area contributed by atoms with E-state index in [1.165, 1.54) is 0 Å². The molecule has 0 saturated carbocycles. The number of nitriles is 1. The molecule has 1 N–H and O–H groups in total. The molecule has 0 atom stereocenters. The van der Waals surface area contributed by atoms with Gasteiger partial charge in [-0.05, 0) is 25.1 Å². The Balaban J connectivity index is 2.77. The van der Waals surface area contributed by atoms with E-state index in [1.807, 2.05) is 25.1 Å². The smallest absolute Gasteiger partial charge is 0.141 e. The molecule has 12 heavy (non-hydrogen) atoms. The minimum atomic E-state index is 0.460. The number of aromatic amines is 1. The van der Waals surface area contributed by atoms with Gasteiger partial charge in [-0.15, -0.1) is 0 Å². The first-order valence-corrected chi connectivity index (χ1v) is 3.66. The molecule has 3 nitrogen and oxygen atoms in total. The third-order valence-corrected chi connectivity index (χ3v) is 1.72. The lowest BCUT2D eigenvalue weighted by Crippen LogP contribution is -1.80. The van der Waals surface area contributed by atoms with Gasteiger partial charge < -0.3 is 4.98 Å². The molecule has 0 aliphatic heterocycles. The number of nitrogens with one attached hydrogen (secondary N) is 1. The van der Waals surface area contributed by atoms with E-state index in [9.17, 15) is 0 Å². The maximum absolute atomic E-state index is 8.58. The minimum Gasteiger partial charge on any atom is -0.357 e. The van der Waals surface area contributed by atoms with Crippen LogP contribution < -0.4 is 0 Å². The summed E-state index contributed by atoms with van der Waals surface area (Å²) in [6, 6.07) is 7.51. The Bertz CT molecular complexity index is 462. The molecule has 2 aromatic rings. The second kappa shape index (κ2) is 2.35. The zero-order valence-corrected chi connectivity index (χ0v) is 6.63. The molecule has 0 aliphatic carbocycles. The van der Waals surface area contributed by atoms with Crippen molar-refractivity contribution in [2.24, 2.45) is 0 Å². The maximum Gasteiger partial charge on any atom is 0.141 e. The fraction of sp³-hybridized carbons (Fsp3) is 0.111. The van der Waals surface area contributed by atoms with Gasteiger partial charge in [0.2, 0.25) is 0 Å². The lowest BCUT2D eigenvalue weighted by molar-refractivity contribution is 1.30. The molecule has 0 aliphatic rings. The van der Waals surface area contributed by atoms with Crippen molar-refractivity contribution >= 4 is 11.0 Å². The van der Waals surface area contributed by atoms with E-state index in [2.05, 4.69) is 9.97 Å². The quantitative estimate of drug-likeness (QED) is 0.633. The topological polar surface area (TPSA) is 52.5 Å². The van der Waals surface area contributed by atoms with Gasteiger partial charge >= 0.3 is 0 Å². The number of pyridine rings is 1. The predicted molar refractivity (Wildman–Crippen MR) is 45.5 cm³/mol. The zero-order valence-electron chi connectivity index (χ0n) is 6.63. The van der Waals surface area contributed by atoms with Gasteiger partial charge in [-0.2, -0.15) is 5.26 Å². The van der Waals surface area contributed by atoms with Crippen LogP contribution in [-0.2, 0) is 0 Å². The number of rotatable bonds is 0. The molecular formula is C9H7N3. The van der Waals surface area contributed by atoms with Crippen LogP contribution in [0.2, 0.25) is 0 Å². The van der Waals surface area contributed by atoms with Crippen molar-refractivity contribution in [3.05, 3.63) is 29.6 Å². The van der Waals surface area contributed by atoms with Crippen LogP contribution in [-0.4, -0.2) is 9.97 Å². The number of nitrogens with zero attached hydrogens (tertiary/aromatic N) is 2. The molecule has 0 radical (unpaired) electrons. The second-order valence-electron chi connectivity index (χ2n) is 2.69. The van der Waals surface area contributed by atoms with Gasteiger partial charge in [0.1, 0.15) is 11.8 Å². The van der Waals surface area contributed by atoms with Crippen LogP contribution in [0.4, 0.5) is 0 Å². The molecule has 0 spiro atoms. The monoisotopic (exact) mass is 157 g/mol. The van der Waals surface area contributed by atoms with Crippen molar-refractivity contribution in [2.75, 3.05) is 0 Å². The van der Waals surface area contributed by atoms with E-state index >= 15 is 0 Å². The highest BCUT2D eigenvalue weighted by molar-refractivity contribution is 5.76. The van der Waals surface area contributed by atoms with Gasteiger partial charge in [0, 0.05) is 5.69 Å². The number of fused-ring (bicyclic) bond motifs is 1. The first-order chi connectivity index (χ1) is 5.79. The summed E-state index contributed by atoms with van der Waals surface area (Å²) in [5.41, 5.74) is 3.35. The van der Waals surface area contributed by atoms with E-state index in [-0.39, 0.29) is 0 Å². The molecule has 0 fully saturated rings. The molecule has 0 unspecified atom stereocenters. The molecule has 2 aromatic heterocycles. The van der Waals surface area contributed by atoms with E-state index < -0.39 is 0 Å². The van der Waals surface area contributed by atoms with E-state index in [1.54, 1.807) is 6.07 Å². The third kappa shape index (κ3) is 0.940. The SMILES string of the molecule is Cc1cc2nc(C#N)ccc2[nH]1. The Labute approximate surface area is 69.7 Å². The normalized spacial score (nSPS) is 10.0. The summed E-state index contributed by atoms with van der Waals surface area (Å²) in [7, 11) is 0. The van der Waals surface area contributed by atoms with Gasteiger partial charge in [-0.25, -0.2) is 4.98 Å². The Morgan fingerprint density at radius 3 is 3.08 bits per heavy atom. The standard InChI is InChI=1S/C9H7N3/c1-6-4-9-8(11-6)3-2-7(5-10)12-9/h2-4,11H,1H3. The highest BCUT2D eigenvalue weighted by atomic mass is 14.8. The van der Waals surface area contributed by atoms with E-state index in [4.69, 9.17) is 5.26 Å². The maximum atomic E-state index is 8.58. The van der Waals surface area contributed by atoms with Crippen molar-refractivity contribution in [1.29, 1.82) is 5.26 Å². The molecule has 0 amide bonds. The molecule has 0 aromatic carbocycles. The fourth-order valence-electron chi connectivity index (χ4n) is 1.21. The summed E-state index contributed by atoms with van der Waals surface area (Å²) < 4.78 is 0. The highest BCUT2D eigenvalue weighted by Gasteiger charge is 1.99. The van der Waals surface area contributed by atoms with Crippen LogP contribution >= 0.6 is 0 Å². The van der Waals surface area contributed by atoms with Crippen molar-refractivity contribution in [1.82, 2.24) is 9.97 Å². The second-order valence-corrected chi connectivity index (χ2v) is 2.69. The van der Waals surface area contributed by atoms with Crippen molar-refractivity contribution in [3.63, 3.8) is 0 Å². The number of aryl methyl sites for hydroxylation is 1. The predicted octanol–water partition coefficient (Wildman–Crippen LogP) is 1.74. The molecule has 2 heterocycles. The summed E-state index contributed by atoms with van der Waals surface area (Å²) in [5, 5.41) is 8.58. The van der Waals surface area contributed by atoms with Crippen LogP contribution in [0.15, 0.2) is 18.2 Å². The third-order valence-electron chi connectivity index (χ3n) is 1.72. The Hall–Kier alpha value is -1.82. The Morgan fingerprint density at radius 1 is 1.50 bits per heavy atom. The van der Waals surface area contributed by atoms with Gasteiger partial charge in [0.15, 0.2) is 0 Å². The minimum absolute atomic E-state index is 0.460. The van der Waals surface area contributed by atoms with Crippen LogP contribution in [0, 0.1) is 18.3 Å². The van der Waals surface area contributed by atoms with Gasteiger partial charge in [0.05, 0.1) is 11.0 Å². The number of aromatic nitrogens is 2. The van der Waals surface area contributed by atoms with Crippen molar-refractivity contribution in [2.45, 2.75) is 6.92 Å². The summed E-state index contributed by atoms with van der Waals surface area (Å²) in [4.78, 5) is 7.26. The van der Waals surface area contributed by atoms with Crippen molar-refractivity contribution < 1.29 is 0 Å². The van der Waals surface area contributed by atoms with E-state index in [0.29, 0.717) is 5.69 Å². The molecule has 0 saturated heterocycles. The molecule has 2 rings (SSSR count). The Morgan fingerprint density at radius 2 is 2.33 bits per heavy atom. The first kappa shape index (κ1) is 6.86. The van der Waals surface area contributed by atoms with E-state index in [0.717, 1.165) is 16.7 Å². The van der Waals surface area contributed by atoms with Crippen LogP contribution in [0.1, 0.15) is 11.4 Å². The molecular weight excluding hydrogens is 150 g/mol. The number of hydrogen-bond acceptors (Lipinski definition) is 2. The number of hydrogen-bond donors (Lipinski definition) is 1. The molecule has 58 valence electrons. The first-order valence-electron chi connectivity index (χ1n) is 3.66. The van der Waals surface area contributed by atoms with Crippen LogP contribution in [0.25, 0.3) is 11.0 Å². The highest BCUT2D eigenvalue weighted by Crippen LogP contribution is 2.12. The average Bonchev–Trinajstić information content (AvgIpc) is 2.43. The summed E-state index contributed by atoms with van der Waals surface area (Å²) in [6.45, 7) is 1.97. The molecule has 3 heteroatoms. The van der Waals surface area contributed by atoms with Gasteiger partial charge in [-0.3, -0.25) is 0 Å². The van der Waals surface area contributed by atoms with Crippen LogP contribution in [0.5, 0.6) is 0 Å². The zero-order chi connectivity index (χ0) is 8.55. The summed E-state index contributed by atoms with van der Waals surface area (Å²) >= 11 is 0. The van der Waals surface area contributed by atoms with Crippen molar-refractivity contribution in [3.8, 4) is 6.07 Å². The average molecular weight is 157 g/mol. The van der Waals surface area contributed by atoms with Gasteiger partial charge in [0.25, 0.3) is 0 Å². The Kier molecular flexibility index (Phi) is 1.34. The largest absolute Gasteiger partial charge is 0.357 e. The van der Waals surface area contributed by atoms with Gasteiger partial charge in [-0.1, -0.05) is 0 Å². The fourth-order valence-corrected chi connectivity index (χ4v) is 1.21. The lowest BCUT2D eigenvalue weighted by Gasteiger charge is -1.87. The molecule has 0 bridgehead atoms. The van der Waals surface area contributed by atoms with Crippen LogP contribution in [0.3, 0.4) is 0 Å². The number of H-pyrrole nitrogens is 1.